The molecule has 27 heavy (non-hydrogen) atoms. The highest BCUT2D eigenvalue weighted by Gasteiger charge is 2.37. The van der Waals surface area contributed by atoms with Crippen LogP contribution >= 0.6 is 23.4 Å². The molecule has 4 rings (SSSR count). The van der Waals surface area contributed by atoms with Crippen molar-refractivity contribution in [2.24, 2.45) is 0 Å². The minimum Gasteiger partial charge on any atom is -0.497 e. The van der Waals surface area contributed by atoms with Crippen LogP contribution in [0, 0.1) is 0 Å². The lowest BCUT2D eigenvalue weighted by molar-refractivity contribution is 0.103. The average molecular weight is 417 g/mol. The minimum atomic E-state index is -3.88. The molecular weight excluding hydrogens is 404 g/mol. The molecule has 0 radical (unpaired) electrons. The second-order valence-corrected chi connectivity index (χ2v) is 9.21. The quantitative estimate of drug-likeness (QED) is 0.476. The molecule has 0 bridgehead atoms. The van der Waals surface area contributed by atoms with Crippen LogP contribution in [-0.2, 0) is 9.84 Å². The Kier molecular flexibility index (Phi) is 4.50. The van der Waals surface area contributed by atoms with Gasteiger partial charge in [-0.15, -0.1) is 0 Å². The van der Waals surface area contributed by atoms with Gasteiger partial charge in [-0.1, -0.05) is 41.6 Å². The molecular formula is C20H13ClO4S2. The van der Waals surface area contributed by atoms with Crippen LogP contribution < -0.4 is 4.74 Å². The molecule has 0 spiro atoms. The van der Waals surface area contributed by atoms with Crippen molar-refractivity contribution in [1.29, 1.82) is 0 Å². The zero-order valence-corrected chi connectivity index (χ0v) is 16.5. The highest BCUT2D eigenvalue weighted by atomic mass is 35.5. The van der Waals surface area contributed by atoms with E-state index >= 15 is 0 Å². The van der Waals surface area contributed by atoms with Crippen LogP contribution in [-0.4, -0.2) is 21.3 Å². The number of ether oxygens (including phenoxy) is 1. The van der Waals surface area contributed by atoms with E-state index in [1.807, 2.05) is 24.3 Å². The van der Waals surface area contributed by atoms with Crippen molar-refractivity contribution in [2.45, 2.75) is 19.6 Å². The van der Waals surface area contributed by atoms with Gasteiger partial charge in [-0.05, 0) is 42.5 Å². The first-order valence-electron chi connectivity index (χ1n) is 7.96. The summed E-state index contributed by atoms with van der Waals surface area (Å²) in [7, 11) is -2.31. The van der Waals surface area contributed by atoms with Crippen LogP contribution in [0.3, 0.4) is 0 Å². The van der Waals surface area contributed by atoms with Crippen LogP contribution in [0.2, 0.25) is 5.02 Å². The number of ketones is 1. The number of carbonyl (C=O) groups is 1. The number of rotatable bonds is 3. The third-order valence-corrected chi connectivity index (χ3v) is 7.83. The van der Waals surface area contributed by atoms with E-state index in [2.05, 4.69) is 0 Å². The molecule has 136 valence electrons. The van der Waals surface area contributed by atoms with Crippen molar-refractivity contribution in [3.63, 3.8) is 0 Å². The summed E-state index contributed by atoms with van der Waals surface area (Å²) in [6.07, 6.45) is 0. The van der Waals surface area contributed by atoms with E-state index in [0.717, 1.165) is 4.90 Å². The fraction of sp³-hybridized carbons (Fsp3) is 0.0500. The lowest BCUT2D eigenvalue weighted by atomic mass is 10.0. The lowest BCUT2D eigenvalue weighted by Gasteiger charge is -2.21. The average Bonchev–Trinajstić information content (AvgIpc) is 2.68. The van der Waals surface area contributed by atoms with Crippen LogP contribution in [0.15, 0.2) is 80.2 Å². The molecule has 1 heterocycles. The van der Waals surface area contributed by atoms with Crippen molar-refractivity contribution >= 4 is 39.0 Å². The van der Waals surface area contributed by atoms with Crippen LogP contribution in [0.25, 0.3) is 0 Å². The molecule has 1 aliphatic heterocycles. The van der Waals surface area contributed by atoms with E-state index in [9.17, 15) is 13.2 Å². The Hall–Kier alpha value is -2.28. The largest absolute Gasteiger partial charge is 0.497 e. The predicted octanol–water partition coefficient (Wildman–Crippen LogP) is 4.88. The van der Waals surface area contributed by atoms with Crippen molar-refractivity contribution in [3.05, 3.63) is 76.8 Å². The van der Waals surface area contributed by atoms with Gasteiger partial charge in [0.2, 0.25) is 9.84 Å². The highest BCUT2D eigenvalue weighted by Crippen LogP contribution is 2.44. The summed E-state index contributed by atoms with van der Waals surface area (Å²) in [6, 6.07) is 16.8. The second-order valence-electron chi connectivity index (χ2n) is 5.86. The molecule has 0 atom stereocenters. The van der Waals surface area contributed by atoms with Crippen molar-refractivity contribution in [1.82, 2.24) is 0 Å². The summed E-state index contributed by atoms with van der Waals surface area (Å²) >= 11 is 7.80. The van der Waals surface area contributed by atoms with Gasteiger partial charge in [0.25, 0.3) is 0 Å². The van der Waals surface area contributed by atoms with E-state index in [4.69, 9.17) is 16.3 Å². The number of carbonyl (C=O) groups excluding carboxylic acids is 1. The van der Waals surface area contributed by atoms with Crippen molar-refractivity contribution in [3.8, 4) is 5.75 Å². The Labute approximate surface area is 166 Å². The number of hydrogen-bond acceptors (Lipinski definition) is 5. The molecule has 0 saturated heterocycles. The molecule has 1 aliphatic rings. The molecule has 4 nitrogen and oxygen atoms in total. The fourth-order valence-electron chi connectivity index (χ4n) is 2.99. The van der Waals surface area contributed by atoms with Gasteiger partial charge in [0, 0.05) is 20.9 Å². The molecule has 0 unspecified atom stereocenters. The highest BCUT2D eigenvalue weighted by molar-refractivity contribution is 7.99. The van der Waals surface area contributed by atoms with Crippen molar-refractivity contribution < 1.29 is 17.9 Å². The summed E-state index contributed by atoms with van der Waals surface area (Å²) in [5, 5.41) is 0.0585. The fourth-order valence-corrected chi connectivity index (χ4v) is 6.27. The molecule has 3 aromatic carbocycles. The minimum absolute atomic E-state index is 0.00655. The lowest BCUT2D eigenvalue weighted by Crippen LogP contribution is -2.20. The van der Waals surface area contributed by atoms with Crippen molar-refractivity contribution in [2.75, 3.05) is 7.11 Å². The Balaban J connectivity index is 1.86. The number of fused-ring (bicyclic) bond motifs is 2. The number of halogens is 1. The van der Waals surface area contributed by atoms with Crippen LogP contribution in [0.4, 0.5) is 0 Å². The van der Waals surface area contributed by atoms with Gasteiger partial charge in [-0.25, -0.2) is 8.42 Å². The number of benzene rings is 3. The molecule has 3 aromatic rings. The van der Waals surface area contributed by atoms with E-state index in [0.29, 0.717) is 10.6 Å². The van der Waals surface area contributed by atoms with Gasteiger partial charge < -0.3 is 4.74 Å². The first kappa shape index (κ1) is 18.1. The zero-order chi connectivity index (χ0) is 19.2. The van der Waals surface area contributed by atoms with Gasteiger partial charge in [0.1, 0.15) is 10.6 Å². The van der Waals surface area contributed by atoms with Gasteiger partial charge in [-0.3, -0.25) is 4.79 Å². The topological polar surface area (TPSA) is 60.4 Å². The monoisotopic (exact) mass is 416 g/mol. The van der Waals surface area contributed by atoms with E-state index in [1.54, 1.807) is 25.3 Å². The predicted molar refractivity (Wildman–Crippen MR) is 104 cm³/mol. The third-order valence-electron chi connectivity index (χ3n) is 4.27. The van der Waals surface area contributed by atoms with Gasteiger partial charge in [-0.2, -0.15) is 0 Å². The number of sulfone groups is 1. The molecule has 0 fully saturated rings. The summed E-state index contributed by atoms with van der Waals surface area (Å²) in [5.74, 6) is 0.348. The normalized spacial score (nSPS) is 14.4. The Morgan fingerprint density at radius 2 is 1.74 bits per heavy atom. The maximum absolute atomic E-state index is 13.1. The molecule has 0 saturated carbocycles. The smallest absolute Gasteiger partial charge is 0.209 e. The standard InChI is InChI=1S/C20H13ClO4S2/c1-25-12-5-4-6-13(11-12)26-16-10-9-15-19(22)14-7-2-3-8-17(14)27(23,24)20(15)18(16)21/h2-11H,1H3. The Bertz CT molecular complexity index is 1190. The third kappa shape index (κ3) is 2.94. The van der Waals surface area contributed by atoms with Crippen LogP contribution in [0.1, 0.15) is 15.9 Å². The van der Waals surface area contributed by atoms with Gasteiger partial charge in [0.05, 0.1) is 17.0 Å². The summed E-state index contributed by atoms with van der Waals surface area (Å²) in [4.78, 5) is 14.0. The van der Waals surface area contributed by atoms with E-state index in [1.165, 1.54) is 30.0 Å². The zero-order valence-electron chi connectivity index (χ0n) is 14.1. The van der Waals surface area contributed by atoms with Gasteiger partial charge >= 0.3 is 0 Å². The molecule has 7 heteroatoms. The summed E-state index contributed by atoms with van der Waals surface area (Å²) < 4.78 is 31.4. The first-order valence-corrected chi connectivity index (χ1v) is 10.6. The second kappa shape index (κ2) is 6.71. The SMILES string of the molecule is COc1cccc(Sc2ccc3c(c2Cl)S(=O)(=O)c2ccccc2C3=O)c1. The van der Waals surface area contributed by atoms with Crippen LogP contribution in [0.5, 0.6) is 5.75 Å². The molecule has 0 aromatic heterocycles. The Morgan fingerprint density at radius 1 is 0.963 bits per heavy atom. The number of methoxy groups -OCH3 is 1. The first-order chi connectivity index (χ1) is 12.9. The van der Waals surface area contributed by atoms with E-state index in [-0.39, 0.29) is 31.7 Å². The summed E-state index contributed by atoms with van der Waals surface area (Å²) in [6.45, 7) is 0. The van der Waals surface area contributed by atoms with Gasteiger partial charge in [0.15, 0.2) is 5.78 Å². The summed E-state index contributed by atoms with van der Waals surface area (Å²) in [5.41, 5.74) is 0.281. The molecule has 0 amide bonds. The van der Waals surface area contributed by atoms with E-state index < -0.39 is 9.84 Å². The number of hydrogen-bond donors (Lipinski definition) is 0. The molecule has 0 aliphatic carbocycles. The maximum Gasteiger partial charge on any atom is 0.209 e. The Morgan fingerprint density at radius 3 is 2.52 bits per heavy atom. The maximum atomic E-state index is 13.1. The molecule has 0 N–H and O–H groups in total.